The summed E-state index contributed by atoms with van der Waals surface area (Å²) in [5, 5.41) is 0. The van der Waals surface area contributed by atoms with Gasteiger partial charge in [-0.2, -0.15) is 0 Å². The summed E-state index contributed by atoms with van der Waals surface area (Å²) in [6, 6.07) is 7.50. The monoisotopic (exact) mass is 295 g/mol. The van der Waals surface area contributed by atoms with Gasteiger partial charge in [0.25, 0.3) is 0 Å². The van der Waals surface area contributed by atoms with Crippen LogP contribution in [-0.2, 0) is 9.53 Å². The van der Waals surface area contributed by atoms with Crippen LogP contribution in [0.15, 0.2) is 24.3 Å². The summed E-state index contributed by atoms with van der Waals surface area (Å²) in [6.45, 7) is -0.0413. The molecule has 0 N–H and O–H groups in total. The van der Waals surface area contributed by atoms with E-state index < -0.39 is 0 Å². The van der Waals surface area contributed by atoms with Crippen LogP contribution in [0, 0.1) is 0 Å². The molecular formula is C9H9O3Te. The first-order valence-corrected chi connectivity index (χ1v) is 4.85. The third-order valence-corrected chi connectivity index (χ3v) is 2.18. The van der Waals surface area contributed by atoms with Crippen molar-refractivity contribution >= 4 is 31.9 Å². The molecule has 0 bridgehead atoms. The van der Waals surface area contributed by atoms with Gasteiger partial charge in [0.05, 0.1) is 0 Å². The van der Waals surface area contributed by atoms with Crippen molar-refractivity contribution in [2.45, 2.75) is 0 Å². The molecule has 0 aliphatic rings. The molecule has 0 saturated carbocycles. The van der Waals surface area contributed by atoms with Crippen LogP contribution in [-0.4, -0.2) is 42.0 Å². The molecule has 3 nitrogen and oxygen atoms in total. The average molecular weight is 293 g/mol. The van der Waals surface area contributed by atoms with Crippen molar-refractivity contribution in [3.05, 3.63) is 24.3 Å². The molecule has 0 amide bonds. The summed E-state index contributed by atoms with van der Waals surface area (Å²) in [4.78, 5) is 10.7. The number of methoxy groups -OCH3 is 1. The maximum atomic E-state index is 10.7. The first kappa shape index (κ1) is 10.4. The summed E-state index contributed by atoms with van der Waals surface area (Å²) in [6.07, 6.45) is 0. The van der Waals surface area contributed by atoms with Crippen LogP contribution < -0.4 is 8.35 Å². The van der Waals surface area contributed by atoms with Gasteiger partial charge in [-0.3, -0.25) is 0 Å². The van der Waals surface area contributed by atoms with Gasteiger partial charge in [-0.25, -0.2) is 0 Å². The first-order chi connectivity index (χ1) is 6.22. The van der Waals surface area contributed by atoms with Crippen LogP contribution >= 0.6 is 0 Å². The Hall–Kier alpha value is -0.720. The molecule has 0 atom stereocenters. The van der Waals surface area contributed by atoms with E-state index in [0.29, 0.717) is 5.75 Å². The topological polar surface area (TPSA) is 35.5 Å². The fourth-order valence-electron chi connectivity index (χ4n) is 0.737. The molecule has 1 radical (unpaired) electrons. The van der Waals surface area contributed by atoms with Crippen LogP contribution in [0.2, 0.25) is 0 Å². The van der Waals surface area contributed by atoms with Crippen molar-refractivity contribution in [1.29, 1.82) is 0 Å². The Labute approximate surface area is 89.9 Å². The predicted molar refractivity (Wildman–Crippen MR) is 49.3 cm³/mol. The van der Waals surface area contributed by atoms with Crippen molar-refractivity contribution in [2.75, 3.05) is 13.7 Å². The van der Waals surface area contributed by atoms with E-state index in [9.17, 15) is 4.79 Å². The van der Waals surface area contributed by atoms with Gasteiger partial charge in [0.15, 0.2) is 0 Å². The zero-order chi connectivity index (χ0) is 9.68. The number of benzene rings is 1. The number of carbonyl (C=O) groups excluding carboxylic acids is 1. The summed E-state index contributed by atoms with van der Waals surface area (Å²) in [5.74, 6) is 0.305. The Morgan fingerprint density at radius 2 is 2.00 bits per heavy atom. The standard InChI is InChI=1S/C9H9O3Te/c1-11-9(10)6-12-7-2-4-8(13)5-3-7/h2-5H,6H2,1H3. The molecule has 69 valence electrons. The number of carbonyl (C=O) groups is 1. The second-order valence-electron chi connectivity index (χ2n) is 2.34. The molecule has 1 rings (SSSR count). The van der Waals surface area contributed by atoms with Crippen LogP contribution in [0.3, 0.4) is 0 Å². The zero-order valence-corrected chi connectivity index (χ0v) is 9.48. The summed E-state index contributed by atoms with van der Waals surface area (Å²) >= 11 is 1.92. The van der Waals surface area contributed by atoms with Gasteiger partial charge in [-0.05, 0) is 0 Å². The Morgan fingerprint density at radius 3 is 2.54 bits per heavy atom. The van der Waals surface area contributed by atoms with Gasteiger partial charge >= 0.3 is 89.9 Å². The van der Waals surface area contributed by atoms with Gasteiger partial charge < -0.3 is 0 Å². The second kappa shape index (κ2) is 5.11. The summed E-state index contributed by atoms with van der Waals surface area (Å²) < 4.78 is 10.7. The molecule has 0 aliphatic heterocycles. The van der Waals surface area contributed by atoms with Gasteiger partial charge in [0.2, 0.25) is 0 Å². The summed E-state index contributed by atoms with van der Waals surface area (Å²) in [5.41, 5.74) is 0. The minimum atomic E-state index is -0.374. The molecule has 0 saturated heterocycles. The number of esters is 1. The normalized spacial score (nSPS) is 9.31. The van der Waals surface area contributed by atoms with Crippen molar-refractivity contribution in [3.8, 4) is 5.75 Å². The SMILES string of the molecule is COC(=O)COc1ccc([Te])cc1. The molecule has 13 heavy (non-hydrogen) atoms. The van der Waals surface area contributed by atoms with E-state index in [4.69, 9.17) is 4.74 Å². The number of hydrogen-bond donors (Lipinski definition) is 0. The summed E-state index contributed by atoms with van der Waals surface area (Å²) in [7, 11) is 1.33. The van der Waals surface area contributed by atoms with E-state index in [2.05, 4.69) is 4.74 Å². The van der Waals surface area contributed by atoms with Crippen molar-refractivity contribution in [2.24, 2.45) is 0 Å². The van der Waals surface area contributed by atoms with E-state index in [1.807, 2.05) is 46.6 Å². The average Bonchev–Trinajstić information content (AvgIpc) is 2.16. The van der Waals surface area contributed by atoms with Crippen molar-refractivity contribution in [1.82, 2.24) is 0 Å². The van der Waals surface area contributed by atoms with Gasteiger partial charge in [0.1, 0.15) is 0 Å². The number of ether oxygens (including phenoxy) is 2. The van der Waals surface area contributed by atoms with E-state index in [1.54, 1.807) is 0 Å². The van der Waals surface area contributed by atoms with E-state index in [-0.39, 0.29) is 12.6 Å². The molecule has 1 aromatic rings. The van der Waals surface area contributed by atoms with Crippen LogP contribution in [0.5, 0.6) is 5.75 Å². The van der Waals surface area contributed by atoms with E-state index in [1.165, 1.54) is 10.7 Å². The fourth-order valence-corrected chi connectivity index (χ4v) is 1.13. The molecule has 0 spiro atoms. The van der Waals surface area contributed by atoms with Gasteiger partial charge in [-0.15, -0.1) is 0 Å². The molecule has 0 heterocycles. The fraction of sp³-hybridized carbons (Fsp3) is 0.222. The van der Waals surface area contributed by atoms with Crippen molar-refractivity contribution < 1.29 is 14.3 Å². The third kappa shape index (κ3) is 3.66. The predicted octanol–water partition coefficient (Wildman–Crippen LogP) is 0.0322. The number of rotatable bonds is 3. The molecule has 0 aromatic heterocycles. The zero-order valence-electron chi connectivity index (χ0n) is 7.15. The van der Waals surface area contributed by atoms with E-state index >= 15 is 0 Å². The molecule has 0 fully saturated rings. The molecule has 0 aliphatic carbocycles. The van der Waals surface area contributed by atoms with Crippen molar-refractivity contribution in [3.63, 3.8) is 0 Å². The van der Waals surface area contributed by atoms with Gasteiger partial charge in [0, 0.05) is 0 Å². The quantitative estimate of drug-likeness (QED) is 0.583. The van der Waals surface area contributed by atoms with E-state index in [0.717, 1.165) is 0 Å². The van der Waals surface area contributed by atoms with Crippen LogP contribution in [0.4, 0.5) is 0 Å². The maximum absolute atomic E-state index is 10.7. The molecule has 1 aromatic carbocycles. The molecular weight excluding hydrogens is 284 g/mol. The van der Waals surface area contributed by atoms with Crippen LogP contribution in [0.25, 0.3) is 0 Å². The Bertz CT molecular complexity index is 281. The molecule has 4 heteroatoms. The third-order valence-electron chi connectivity index (χ3n) is 1.41. The second-order valence-corrected chi connectivity index (χ2v) is 3.68. The molecule has 0 unspecified atom stereocenters. The Balaban J connectivity index is 2.46. The number of hydrogen-bond acceptors (Lipinski definition) is 3. The Morgan fingerprint density at radius 1 is 1.38 bits per heavy atom. The van der Waals surface area contributed by atoms with Crippen LogP contribution in [0.1, 0.15) is 0 Å². The Kier molecular flexibility index (Phi) is 4.07. The minimum absolute atomic E-state index is 0.0413. The van der Waals surface area contributed by atoms with Gasteiger partial charge in [-0.1, -0.05) is 0 Å². The first-order valence-electron chi connectivity index (χ1n) is 3.69.